The lowest BCUT2D eigenvalue weighted by Gasteiger charge is -2.27. The number of benzene rings is 1. The Morgan fingerprint density at radius 1 is 1.29 bits per heavy atom. The van der Waals surface area contributed by atoms with E-state index in [-0.39, 0.29) is 0 Å². The Morgan fingerprint density at radius 3 is 2.52 bits per heavy atom. The number of carbonyl (C=O) groups is 1. The topological polar surface area (TPSA) is 53.8 Å². The molecule has 0 heterocycles. The van der Waals surface area contributed by atoms with Crippen molar-refractivity contribution in [1.82, 2.24) is 0 Å². The maximum Gasteiger partial charge on any atom is 0.137 e. The zero-order valence-electron chi connectivity index (χ0n) is 13.3. The van der Waals surface area contributed by atoms with Crippen LogP contribution >= 0.6 is 0 Å². The number of hydrogen-bond acceptors (Lipinski definition) is 3. The average Bonchev–Trinajstić information content (AvgIpc) is 2.41. The molecule has 0 aromatic heterocycles. The van der Waals surface area contributed by atoms with Gasteiger partial charge in [0, 0.05) is 0 Å². The molecule has 4 nitrogen and oxygen atoms in total. The summed E-state index contributed by atoms with van der Waals surface area (Å²) >= 11 is 0. The van der Waals surface area contributed by atoms with E-state index in [1.807, 2.05) is 24.3 Å². The highest BCUT2D eigenvalue weighted by Crippen LogP contribution is 2.14. The number of rotatable bonds is 8. The number of carbonyl (C=O) groups excluding carboxylic acids is 1. The monoisotopic (exact) mass is 291 g/mol. The van der Waals surface area contributed by atoms with E-state index in [4.69, 9.17) is 4.74 Å². The fourth-order valence-corrected chi connectivity index (χ4v) is 2.40. The van der Waals surface area contributed by atoms with Gasteiger partial charge in [-0.2, -0.15) is 0 Å². The van der Waals surface area contributed by atoms with E-state index >= 15 is 0 Å². The van der Waals surface area contributed by atoms with Crippen LogP contribution in [-0.4, -0.2) is 31.2 Å². The smallest absolute Gasteiger partial charge is 0.137 e. The van der Waals surface area contributed by atoms with E-state index in [1.165, 1.54) is 11.0 Å². The molecule has 0 aliphatic rings. The zero-order valence-corrected chi connectivity index (χ0v) is 13.3. The summed E-state index contributed by atoms with van der Waals surface area (Å²) in [6.07, 6.45) is 2.52. The molecule has 1 rings (SSSR count). The van der Waals surface area contributed by atoms with Gasteiger partial charge in [0.1, 0.15) is 18.9 Å². The van der Waals surface area contributed by atoms with Crippen molar-refractivity contribution in [3.8, 4) is 5.75 Å². The van der Waals surface area contributed by atoms with E-state index in [9.17, 15) is 9.90 Å². The molecule has 116 valence electrons. The molecule has 4 heteroatoms. The van der Waals surface area contributed by atoms with Gasteiger partial charge in [0.15, 0.2) is 0 Å². The van der Waals surface area contributed by atoms with E-state index in [0.29, 0.717) is 18.7 Å². The molecule has 1 aromatic carbocycles. The van der Waals surface area contributed by atoms with Crippen molar-refractivity contribution in [3.63, 3.8) is 0 Å². The highest BCUT2D eigenvalue weighted by molar-refractivity contribution is 5.83. The molecule has 0 aliphatic heterocycles. The Morgan fingerprint density at radius 2 is 1.95 bits per heavy atom. The van der Waals surface area contributed by atoms with Gasteiger partial charge in [-0.15, -0.1) is 0 Å². The molecular formula is C17H25NO3. The largest absolute Gasteiger partial charge is 0.545 e. The van der Waals surface area contributed by atoms with Crippen LogP contribution < -0.4 is 14.7 Å². The molecule has 0 atom stereocenters. The second-order valence-corrected chi connectivity index (χ2v) is 5.71. The molecule has 0 bridgehead atoms. The standard InChI is InChI=1S/C17H25NO3/c1-13(2)18(14(3)4)10-11-21-16-7-5-6-15(12-16)8-9-17(19)20/h5-9,12-14H,10-11H2,1-4H3,(H,19,20)/b9-8+. The Kier molecular flexibility index (Phi) is 6.96. The zero-order chi connectivity index (χ0) is 15.8. The summed E-state index contributed by atoms with van der Waals surface area (Å²) in [6.45, 7) is 10.4. The lowest BCUT2D eigenvalue weighted by Crippen LogP contribution is -3.18. The van der Waals surface area contributed by atoms with Crippen molar-refractivity contribution in [2.24, 2.45) is 0 Å². The lowest BCUT2D eigenvalue weighted by molar-refractivity contribution is -0.942. The molecule has 0 amide bonds. The summed E-state index contributed by atoms with van der Waals surface area (Å²) in [6, 6.07) is 8.49. The summed E-state index contributed by atoms with van der Waals surface area (Å²) in [5.41, 5.74) is 0.786. The van der Waals surface area contributed by atoms with Crippen LogP contribution in [0.1, 0.15) is 33.3 Å². The van der Waals surface area contributed by atoms with Crippen LogP contribution in [0.5, 0.6) is 5.75 Å². The van der Waals surface area contributed by atoms with Gasteiger partial charge in [-0.25, -0.2) is 0 Å². The molecule has 21 heavy (non-hydrogen) atoms. The molecule has 1 N–H and O–H groups in total. The number of nitrogens with one attached hydrogen (secondary N) is 1. The predicted molar refractivity (Wildman–Crippen MR) is 82.1 cm³/mol. The number of hydrogen-bond donors (Lipinski definition) is 1. The van der Waals surface area contributed by atoms with Crippen LogP contribution in [-0.2, 0) is 4.79 Å². The molecule has 0 fully saturated rings. The minimum atomic E-state index is -1.20. The third-order valence-corrected chi connectivity index (χ3v) is 3.41. The molecule has 0 radical (unpaired) electrons. The maximum atomic E-state index is 10.4. The first-order valence-electron chi connectivity index (χ1n) is 7.37. The summed E-state index contributed by atoms with van der Waals surface area (Å²) in [7, 11) is 0. The van der Waals surface area contributed by atoms with Gasteiger partial charge in [0.05, 0.1) is 18.1 Å². The molecule has 0 aliphatic carbocycles. The molecule has 0 saturated heterocycles. The summed E-state index contributed by atoms with van der Waals surface area (Å²) in [5, 5.41) is 10.4. The first-order valence-corrected chi connectivity index (χ1v) is 7.37. The van der Waals surface area contributed by atoms with Gasteiger partial charge >= 0.3 is 0 Å². The Labute approximate surface area is 127 Å². The highest BCUT2D eigenvalue weighted by Gasteiger charge is 2.16. The molecular weight excluding hydrogens is 266 g/mol. The van der Waals surface area contributed by atoms with Crippen molar-refractivity contribution >= 4 is 12.0 Å². The van der Waals surface area contributed by atoms with Crippen molar-refractivity contribution in [2.75, 3.05) is 13.2 Å². The number of carboxylic acids is 1. The van der Waals surface area contributed by atoms with Crippen LogP contribution in [0.3, 0.4) is 0 Å². The van der Waals surface area contributed by atoms with Crippen molar-refractivity contribution in [1.29, 1.82) is 0 Å². The normalized spacial score (nSPS) is 11.8. The summed E-state index contributed by atoms with van der Waals surface area (Å²) < 4.78 is 5.77. The third kappa shape index (κ3) is 6.45. The van der Waals surface area contributed by atoms with Gasteiger partial charge in [-0.3, -0.25) is 0 Å². The first-order chi connectivity index (χ1) is 9.90. The van der Waals surface area contributed by atoms with Gasteiger partial charge < -0.3 is 19.5 Å². The van der Waals surface area contributed by atoms with Crippen LogP contribution in [0.4, 0.5) is 0 Å². The van der Waals surface area contributed by atoms with Gasteiger partial charge in [-0.1, -0.05) is 18.2 Å². The fourth-order valence-electron chi connectivity index (χ4n) is 2.40. The molecule has 0 unspecified atom stereocenters. The van der Waals surface area contributed by atoms with Crippen molar-refractivity contribution < 1.29 is 19.5 Å². The van der Waals surface area contributed by atoms with E-state index in [2.05, 4.69) is 27.7 Å². The summed E-state index contributed by atoms with van der Waals surface area (Å²) in [5.74, 6) is -0.447. The van der Waals surface area contributed by atoms with Gasteiger partial charge in [0.25, 0.3) is 0 Å². The first kappa shape index (κ1) is 17.2. The van der Waals surface area contributed by atoms with E-state index in [0.717, 1.165) is 23.9 Å². The van der Waals surface area contributed by atoms with E-state index in [1.54, 1.807) is 0 Å². The average molecular weight is 291 g/mol. The number of aliphatic carboxylic acids is 1. The highest BCUT2D eigenvalue weighted by atomic mass is 16.5. The number of quaternary nitrogens is 1. The quantitative estimate of drug-likeness (QED) is 0.711. The maximum absolute atomic E-state index is 10.4. The number of carboxylic acid groups (broad SMARTS) is 1. The van der Waals surface area contributed by atoms with Crippen LogP contribution in [0, 0.1) is 0 Å². The van der Waals surface area contributed by atoms with E-state index < -0.39 is 5.97 Å². The van der Waals surface area contributed by atoms with Crippen molar-refractivity contribution in [2.45, 2.75) is 39.8 Å². The molecule has 0 spiro atoms. The minimum Gasteiger partial charge on any atom is -0.545 e. The van der Waals surface area contributed by atoms with Gasteiger partial charge in [-0.05, 0) is 51.5 Å². The Hall–Kier alpha value is -1.81. The predicted octanol–water partition coefficient (Wildman–Crippen LogP) is 0.530. The number of ether oxygens (including phenoxy) is 1. The molecule has 1 aromatic rings. The second kappa shape index (κ2) is 8.47. The third-order valence-electron chi connectivity index (χ3n) is 3.41. The second-order valence-electron chi connectivity index (χ2n) is 5.71. The SMILES string of the molecule is CC(C)[NH+](CCOc1cccc(/C=C/C(=O)[O-])c1)C(C)C. The van der Waals surface area contributed by atoms with Crippen LogP contribution in [0.15, 0.2) is 30.3 Å². The van der Waals surface area contributed by atoms with Crippen LogP contribution in [0.2, 0.25) is 0 Å². The van der Waals surface area contributed by atoms with Crippen molar-refractivity contribution in [3.05, 3.63) is 35.9 Å². The Bertz CT molecular complexity index is 473. The lowest BCUT2D eigenvalue weighted by atomic mass is 10.2. The minimum absolute atomic E-state index is 0.561. The molecule has 0 saturated carbocycles. The van der Waals surface area contributed by atoms with Gasteiger partial charge in [0.2, 0.25) is 0 Å². The Balaban J connectivity index is 2.56. The summed E-state index contributed by atoms with van der Waals surface area (Å²) in [4.78, 5) is 11.9. The van der Waals surface area contributed by atoms with Crippen LogP contribution in [0.25, 0.3) is 6.08 Å². The fraction of sp³-hybridized carbons (Fsp3) is 0.471.